The van der Waals surface area contributed by atoms with Gasteiger partial charge in [0.05, 0.1) is 25.9 Å². The van der Waals surface area contributed by atoms with Crippen molar-refractivity contribution in [2.75, 3.05) is 19.8 Å². The van der Waals surface area contributed by atoms with E-state index < -0.39 is 12.1 Å². The highest BCUT2D eigenvalue weighted by Crippen LogP contribution is 2.22. The summed E-state index contributed by atoms with van der Waals surface area (Å²) in [5, 5.41) is 40.1. The second-order valence-electron chi connectivity index (χ2n) is 8.63. The van der Waals surface area contributed by atoms with Crippen LogP contribution >= 0.6 is 0 Å². The van der Waals surface area contributed by atoms with E-state index in [1.54, 1.807) is 12.1 Å². The average Bonchev–Trinajstić information content (AvgIpc) is 2.88. The molecule has 3 aromatic carbocycles. The van der Waals surface area contributed by atoms with Crippen molar-refractivity contribution >= 4 is 5.97 Å². The summed E-state index contributed by atoms with van der Waals surface area (Å²) in [6, 6.07) is 23.0. The Morgan fingerprint density at radius 2 is 1.65 bits per heavy atom. The van der Waals surface area contributed by atoms with Crippen LogP contribution < -0.4 is 10.1 Å². The maximum atomic E-state index is 10.4. The second kappa shape index (κ2) is 16.3. The first-order chi connectivity index (χ1) is 17.8. The van der Waals surface area contributed by atoms with E-state index in [4.69, 9.17) is 19.4 Å². The number of aliphatic carboxylic acids is 1. The molecule has 37 heavy (non-hydrogen) atoms. The van der Waals surface area contributed by atoms with E-state index in [1.165, 1.54) is 11.6 Å². The quantitative estimate of drug-likeness (QED) is 0.219. The third kappa shape index (κ3) is 11.9. The lowest BCUT2D eigenvalue weighted by Gasteiger charge is -2.18. The SMILES string of the molecule is CC(=O)O.C[C@@H](Cc1ccc(OCCOCc2ccccc2)cc1)NC[C@H](O)c1ccc(O)c(CO)c1. The molecule has 0 heterocycles. The first-order valence-corrected chi connectivity index (χ1v) is 12.2. The zero-order valence-corrected chi connectivity index (χ0v) is 21.3. The van der Waals surface area contributed by atoms with E-state index in [9.17, 15) is 15.3 Å². The van der Waals surface area contributed by atoms with Gasteiger partial charge in [-0.25, -0.2) is 0 Å². The van der Waals surface area contributed by atoms with E-state index in [0.717, 1.165) is 24.7 Å². The van der Waals surface area contributed by atoms with E-state index in [-0.39, 0.29) is 18.4 Å². The third-order valence-electron chi connectivity index (χ3n) is 5.39. The highest BCUT2D eigenvalue weighted by molar-refractivity contribution is 5.62. The standard InChI is InChI=1S/C27H33NO5.C2H4O2/c1-20(28-17-27(31)23-9-12-26(30)24(16-23)18-29)15-21-7-10-25(11-8-21)33-14-13-32-19-22-5-3-2-4-6-22;1-2(3)4/h2-12,16,20,27-31H,13-15,17-19H2,1H3;1H3,(H,3,4)/t20-,27-;/m0./s1. The van der Waals surface area contributed by atoms with Crippen molar-refractivity contribution < 1.29 is 34.7 Å². The van der Waals surface area contributed by atoms with Crippen molar-refractivity contribution in [2.24, 2.45) is 0 Å². The summed E-state index contributed by atoms with van der Waals surface area (Å²) in [5.41, 5.74) is 3.38. The predicted molar refractivity (Wildman–Crippen MR) is 142 cm³/mol. The average molecular weight is 512 g/mol. The number of aromatic hydroxyl groups is 1. The van der Waals surface area contributed by atoms with Crippen molar-refractivity contribution in [1.29, 1.82) is 0 Å². The summed E-state index contributed by atoms with van der Waals surface area (Å²) < 4.78 is 11.4. The van der Waals surface area contributed by atoms with E-state index in [1.807, 2.05) is 54.6 Å². The Labute approximate surface area is 218 Å². The number of carboxylic acid groups (broad SMARTS) is 1. The maximum absolute atomic E-state index is 10.4. The summed E-state index contributed by atoms with van der Waals surface area (Å²) in [7, 11) is 0. The van der Waals surface area contributed by atoms with Gasteiger partial charge in [-0.05, 0) is 54.3 Å². The van der Waals surface area contributed by atoms with Gasteiger partial charge in [0.25, 0.3) is 5.97 Å². The number of carbonyl (C=O) groups is 1. The smallest absolute Gasteiger partial charge is 0.300 e. The monoisotopic (exact) mass is 511 g/mol. The topological polar surface area (TPSA) is 128 Å². The Morgan fingerprint density at radius 3 is 2.30 bits per heavy atom. The van der Waals surface area contributed by atoms with Gasteiger partial charge < -0.3 is 35.2 Å². The van der Waals surface area contributed by atoms with Gasteiger partial charge in [-0.3, -0.25) is 4.79 Å². The fraction of sp³-hybridized carbons (Fsp3) is 0.345. The lowest BCUT2D eigenvalue weighted by atomic mass is 10.0. The zero-order valence-electron chi connectivity index (χ0n) is 21.3. The molecule has 3 aromatic rings. The predicted octanol–water partition coefficient (Wildman–Crippen LogP) is 3.83. The van der Waals surface area contributed by atoms with Gasteiger partial charge in [0.2, 0.25) is 0 Å². The van der Waals surface area contributed by atoms with Gasteiger partial charge in [0.1, 0.15) is 18.1 Å². The van der Waals surface area contributed by atoms with Crippen LogP contribution in [0.3, 0.4) is 0 Å². The molecule has 0 fully saturated rings. The molecule has 3 rings (SSSR count). The van der Waals surface area contributed by atoms with Gasteiger partial charge in [0.15, 0.2) is 0 Å². The van der Waals surface area contributed by atoms with E-state index in [0.29, 0.717) is 37.5 Å². The van der Waals surface area contributed by atoms with Crippen LogP contribution in [0, 0.1) is 0 Å². The summed E-state index contributed by atoms with van der Waals surface area (Å²) in [5.74, 6) is 0.00651. The Hall–Kier alpha value is -3.43. The first-order valence-electron chi connectivity index (χ1n) is 12.2. The number of phenols is 1. The van der Waals surface area contributed by atoms with E-state index in [2.05, 4.69) is 12.2 Å². The number of aliphatic hydroxyl groups excluding tert-OH is 2. The van der Waals surface area contributed by atoms with Crippen LogP contribution in [0.1, 0.15) is 42.2 Å². The zero-order chi connectivity index (χ0) is 27.0. The van der Waals surface area contributed by atoms with Gasteiger partial charge in [-0.2, -0.15) is 0 Å². The lowest BCUT2D eigenvalue weighted by Crippen LogP contribution is -2.32. The van der Waals surface area contributed by atoms with Crippen LogP contribution in [-0.4, -0.2) is 52.2 Å². The Morgan fingerprint density at radius 1 is 0.973 bits per heavy atom. The Bertz CT molecular complexity index is 1050. The summed E-state index contributed by atoms with van der Waals surface area (Å²) in [6.07, 6.45) is 0.0863. The summed E-state index contributed by atoms with van der Waals surface area (Å²) >= 11 is 0. The Balaban J connectivity index is 0.00000112. The molecule has 8 nitrogen and oxygen atoms in total. The number of carboxylic acids is 1. The number of ether oxygens (including phenoxy) is 2. The molecule has 2 atom stereocenters. The van der Waals surface area contributed by atoms with Gasteiger partial charge in [-0.1, -0.05) is 48.5 Å². The minimum Gasteiger partial charge on any atom is -0.508 e. The third-order valence-corrected chi connectivity index (χ3v) is 5.39. The molecular weight excluding hydrogens is 474 g/mol. The highest BCUT2D eigenvalue weighted by Gasteiger charge is 2.12. The molecule has 0 aromatic heterocycles. The summed E-state index contributed by atoms with van der Waals surface area (Å²) in [4.78, 5) is 9.00. The van der Waals surface area contributed by atoms with Gasteiger partial charge in [0, 0.05) is 25.1 Å². The van der Waals surface area contributed by atoms with Crippen LogP contribution in [0.5, 0.6) is 11.5 Å². The first kappa shape index (κ1) is 29.8. The molecule has 0 saturated heterocycles. The number of benzene rings is 3. The highest BCUT2D eigenvalue weighted by atomic mass is 16.5. The molecule has 0 aliphatic heterocycles. The van der Waals surface area contributed by atoms with Gasteiger partial charge >= 0.3 is 0 Å². The minimum absolute atomic E-state index is 0.0295. The fourth-order valence-corrected chi connectivity index (χ4v) is 3.50. The number of hydrogen-bond acceptors (Lipinski definition) is 7. The van der Waals surface area contributed by atoms with Crippen molar-refractivity contribution in [2.45, 2.75) is 45.6 Å². The maximum Gasteiger partial charge on any atom is 0.300 e. The molecule has 8 heteroatoms. The van der Waals surface area contributed by atoms with Crippen LogP contribution in [0.2, 0.25) is 0 Å². The van der Waals surface area contributed by atoms with Gasteiger partial charge in [-0.15, -0.1) is 0 Å². The molecule has 0 saturated carbocycles. The molecule has 5 N–H and O–H groups in total. The molecule has 0 aliphatic rings. The fourth-order valence-electron chi connectivity index (χ4n) is 3.50. The van der Waals surface area contributed by atoms with Crippen LogP contribution in [0.4, 0.5) is 0 Å². The van der Waals surface area contributed by atoms with Crippen LogP contribution in [0.15, 0.2) is 72.8 Å². The molecule has 0 bridgehead atoms. The van der Waals surface area contributed by atoms with Crippen LogP contribution in [-0.2, 0) is 29.2 Å². The number of aliphatic hydroxyl groups is 2. The molecule has 0 spiro atoms. The molecule has 0 radical (unpaired) electrons. The molecule has 200 valence electrons. The Kier molecular flexibility index (Phi) is 13.2. The molecule has 0 aliphatic carbocycles. The number of rotatable bonds is 13. The largest absolute Gasteiger partial charge is 0.508 e. The molecular formula is C29H37NO7. The van der Waals surface area contributed by atoms with Crippen molar-refractivity contribution in [3.63, 3.8) is 0 Å². The van der Waals surface area contributed by atoms with Crippen molar-refractivity contribution in [3.05, 3.63) is 95.1 Å². The normalized spacial score (nSPS) is 12.2. The molecule has 0 unspecified atom stereocenters. The number of nitrogens with one attached hydrogen (secondary N) is 1. The van der Waals surface area contributed by atoms with Crippen LogP contribution in [0.25, 0.3) is 0 Å². The van der Waals surface area contributed by atoms with E-state index >= 15 is 0 Å². The van der Waals surface area contributed by atoms with Crippen molar-refractivity contribution in [3.8, 4) is 11.5 Å². The van der Waals surface area contributed by atoms with Crippen molar-refractivity contribution in [1.82, 2.24) is 5.32 Å². The lowest BCUT2D eigenvalue weighted by molar-refractivity contribution is -0.134. The minimum atomic E-state index is -0.833. The molecule has 0 amide bonds. The second-order valence-corrected chi connectivity index (χ2v) is 8.63. The number of hydrogen-bond donors (Lipinski definition) is 5. The summed E-state index contributed by atoms with van der Waals surface area (Å²) in [6.45, 7) is 4.87.